The third-order valence-corrected chi connectivity index (χ3v) is 3.34. The van der Waals surface area contributed by atoms with Gasteiger partial charge in [0.2, 0.25) is 0 Å². The predicted molar refractivity (Wildman–Crippen MR) is 100.0 cm³/mol. The lowest BCUT2D eigenvalue weighted by atomic mass is 10.3. The summed E-state index contributed by atoms with van der Waals surface area (Å²) in [7, 11) is 0. The lowest BCUT2D eigenvalue weighted by molar-refractivity contribution is 0.812. The highest BCUT2D eigenvalue weighted by atomic mass is 127. The van der Waals surface area contributed by atoms with Gasteiger partial charge in [0, 0.05) is 24.3 Å². The van der Waals surface area contributed by atoms with Crippen LogP contribution < -0.4 is 10.6 Å². The van der Waals surface area contributed by atoms with E-state index >= 15 is 0 Å². The van der Waals surface area contributed by atoms with Crippen molar-refractivity contribution in [2.75, 3.05) is 6.54 Å². The van der Waals surface area contributed by atoms with Gasteiger partial charge in [-0.3, -0.25) is 0 Å². The molecule has 22 heavy (non-hydrogen) atoms. The van der Waals surface area contributed by atoms with Gasteiger partial charge in [-0.05, 0) is 31.9 Å². The van der Waals surface area contributed by atoms with Gasteiger partial charge in [0.15, 0.2) is 5.96 Å². The Bertz CT molecular complexity index is 604. The number of nitrogens with zero attached hydrogens (tertiary/aromatic N) is 3. The van der Waals surface area contributed by atoms with Gasteiger partial charge < -0.3 is 10.6 Å². The van der Waals surface area contributed by atoms with E-state index in [0.29, 0.717) is 12.6 Å². The minimum Gasteiger partial charge on any atom is -0.357 e. The van der Waals surface area contributed by atoms with Gasteiger partial charge in [-0.25, -0.2) is 9.67 Å². The lowest BCUT2D eigenvalue weighted by Gasteiger charge is -2.09. The molecule has 0 atom stereocenters. The maximum absolute atomic E-state index is 4.61. The van der Waals surface area contributed by atoms with E-state index in [1.807, 2.05) is 47.4 Å². The number of hydrogen-bond donors (Lipinski definition) is 2. The normalized spacial score (nSPS) is 14.3. The summed E-state index contributed by atoms with van der Waals surface area (Å²) in [5, 5.41) is 11.1. The van der Waals surface area contributed by atoms with Crippen LogP contribution in [-0.2, 0) is 6.54 Å². The Kier molecular flexibility index (Phi) is 6.23. The van der Waals surface area contributed by atoms with Crippen LogP contribution in [0.4, 0.5) is 0 Å². The molecule has 1 aromatic carbocycles. The molecule has 0 bridgehead atoms. The first kappa shape index (κ1) is 16.8. The molecule has 118 valence electrons. The summed E-state index contributed by atoms with van der Waals surface area (Å²) in [4.78, 5) is 4.61. The third-order valence-electron chi connectivity index (χ3n) is 3.34. The third kappa shape index (κ3) is 4.72. The van der Waals surface area contributed by atoms with E-state index in [-0.39, 0.29) is 24.0 Å². The molecule has 1 aliphatic carbocycles. The van der Waals surface area contributed by atoms with Gasteiger partial charge in [0.1, 0.15) is 0 Å². The molecule has 6 heteroatoms. The van der Waals surface area contributed by atoms with Gasteiger partial charge in [-0.2, -0.15) is 5.10 Å². The first-order valence-electron chi connectivity index (χ1n) is 7.49. The number of aliphatic imine (C=N–C) groups is 1. The van der Waals surface area contributed by atoms with Crippen molar-refractivity contribution in [3.63, 3.8) is 0 Å². The van der Waals surface area contributed by atoms with E-state index in [1.54, 1.807) is 0 Å². The molecular weight excluding hydrogens is 389 g/mol. The van der Waals surface area contributed by atoms with Crippen molar-refractivity contribution >= 4 is 29.9 Å². The van der Waals surface area contributed by atoms with Crippen molar-refractivity contribution in [3.05, 3.63) is 48.3 Å². The molecule has 0 saturated heterocycles. The number of para-hydroxylation sites is 1. The van der Waals surface area contributed by atoms with Crippen LogP contribution in [-0.4, -0.2) is 28.3 Å². The number of aromatic nitrogens is 2. The highest BCUT2D eigenvalue weighted by Crippen LogP contribution is 2.18. The van der Waals surface area contributed by atoms with Crippen LogP contribution >= 0.6 is 24.0 Å². The fourth-order valence-corrected chi connectivity index (χ4v) is 2.08. The smallest absolute Gasteiger partial charge is 0.191 e. The molecule has 1 fully saturated rings. The zero-order valence-electron chi connectivity index (χ0n) is 12.7. The zero-order chi connectivity index (χ0) is 14.5. The largest absolute Gasteiger partial charge is 0.357 e. The summed E-state index contributed by atoms with van der Waals surface area (Å²) in [6.07, 6.45) is 6.39. The molecule has 2 N–H and O–H groups in total. The summed E-state index contributed by atoms with van der Waals surface area (Å²) in [6.45, 7) is 3.59. The maximum atomic E-state index is 4.61. The van der Waals surface area contributed by atoms with Crippen molar-refractivity contribution in [2.45, 2.75) is 32.4 Å². The first-order chi connectivity index (χ1) is 10.3. The topological polar surface area (TPSA) is 54.2 Å². The molecule has 1 heterocycles. The molecular formula is C16H22IN5. The first-order valence-corrected chi connectivity index (χ1v) is 7.49. The number of hydrogen-bond acceptors (Lipinski definition) is 2. The molecule has 0 amide bonds. The Hall–Kier alpha value is -1.57. The quantitative estimate of drug-likeness (QED) is 0.452. The highest BCUT2D eigenvalue weighted by Gasteiger charge is 2.22. The van der Waals surface area contributed by atoms with E-state index in [0.717, 1.165) is 23.8 Å². The van der Waals surface area contributed by atoms with E-state index < -0.39 is 0 Å². The van der Waals surface area contributed by atoms with Crippen LogP contribution in [0.15, 0.2) is 47.7 Å². The van der Waals surface area contributed by atoms with Crippen LogP contribution in [0.2, 0.25) is 0 Å². The predicted octanol–water partition coefficient (Wildman–Crippen LogP) is 2.71. The molecule has 1 saturated carbocycles. The van der Waals surface area contributed by atoms with Crippen molar-refractivity contribution in [3.8, 4) is 5.69 Å². The molecule has 3 rings (SSSR count). The molecule has 0 spiro atoms. The second kappa shape index (κ2) is 8.17. The number of benzene rings is 1. The van der Waals surface area contributed by atoms with Crippen LogP contribution in [0, 0.1) is 0 Å². The summed E-state index contributed by atoms with van der Waals surface area (Å²) in [5.41, 5.74) is 2.17. The average molecular weight is 411 g/mol. The van der Waals surface area contributed by atoms with Crippen molar-refractivity contribution in [1.29, 1.82) is 0 Å². The summed E-state index contributed by atoms with van der Waals surface area (Å²) in [5.74, 6) is 0.896. The Morgan fingerprint density at radius 1 is 1.32 bits per heavy atom. The minimum atomic E-state index is 0. The summed E-state index contributed by atoms with van der Waals surface area (Å²) >= 11 is 0. The highest BCUT2D eigenvalue weighted by molar-refractivity contribution is 14.0. The monoisotopic (exact) mass is 411 g/mol. The SMILES string of the molecule is CCNC(=NCc1cnn(-c2ccccc2)c1)NC1CC1.I. The van der Waals surface area contributed by atoms with Crippen molar-refractivity contribution < 1.29 is 0 Å². The molecule has 2 aromatic rings. The van der Waals surface area contributed by atoms with Crippen molar-refractivity contribution in [1.82, 2.24) is 20.4 Å². The minimum absolute atomic E-state index is 0. The standard InChI is InChI=1S/C16H21N5.HI/c1-2-17-16(20-14-8-9-14)18-10-13-11-19-21(12-13)15-6-4-3-5-7-15;/h3-7,11-12,14H,2,8-10H2,1H3,(H2,17,18,20);1H. The van der Waals surface area contributed by atoms with Gasteiger partial charge in [0.05, 0.1) is 18.4 Å². The second-order valence-corrected chi connectivity index (χ2v) is 5.24. The van der Waals surface area contributed by atoms with Crippen LogP contribution in [0.25, 0.3) is 5.69 Å². The summed E-state index contributed by atoms with van der Waals surface area (Å²) in [6, 6.07) is 10.7. The van der Waals surface area contributed by atoms with E-state index in [1.165, 1.54) is 12.8 Å². The number of halogens is 1. The van der Waals surface area contributed by atoms with Crippen LogP contribution in [0.1, 0.15) is 25.3 Å². The van der Waals surface area contributed by atoms with E-state index in [4.69, 9.17) is 0 Å². The Morgan fingerprint density at radius 2 is 2.09 bits per heavy atom. The maximum Gasteiger partial charge on any atom is 0.191 e. The molecule has 1 aromatic heterocycles. The molecule has 0 unspecified atom stereocenters. The van der Waals surface area contributed by atoms with Crippen LogP contribution in [0.3, 0.4) is 0 Å². The lowest BCUT2D eigenvalue weighted by Crippen LogP contribution is -2.38. The fourth-order valence-electron chi connectivity index (χ4n) is 2.08. The molecule has 1 aliphatic rings. The fraction of sp³-hybridized carbons (Fsp3) is 0.375. The number of guanidine groups is 1. The van der Waals surface area contributed by atoms with Gasteiger partial charge in [-0.1, -0.05) is 18.2 Å². The van der Waals surface area contributed by atoms with Gasteiger partial charge in [-0.15, -0.1) is 24.0 Å². The number of nitrogens with one attached hydrogen (secondary N) is 2. The average Bonchev–Trinajstić information content (AvgIpc) is 3.20. The Balaban J connectivity index is 0.00000176. The molecule has 0 aliphatic heterocycles. The Morgan fingerprint density at radius 3 is 2.77 bits per heavy atom. The van der Waals surface area contributed by atoms with Gasteiger partial charge >= 0.3 is 0 Å². The van der Waals surface area contributed by atoms with Crippen molar-refractivity contribution in [2.24, 2.45) is 4.99 Å². The second-order valence-electron chi connectivity index (χ2n) is 5.24. The summed E-state index contributed by atoms with van der Waals surface area (Å²) < 4.78 is 1.88. The van der Waals surface area contributed by atoms with Gasteiger partial charge in [0.25, 0.3) is 0 Å². The zero-order valence-corrected chi connectivity index (χ0v) is 15.0. The van der Waals surface area contributed by atoms with E-state index in [2.05, 4.69) is 27.6 Å². The molecule has 0 radical (unpaired) electrons. The number of rotatable bonds is 5. The van der Waals surface area contributed by atoms with Crippen LogP contribution in [0.5, 0.6) is 0 Å². The van der Waals surface area contributed by atoms with E-state index in [9.17, 15) is 0 Å². The Labute approximate surface area is 148 Å². The molecule has 5 nitrogen and oxygen atoms in total.